The van der Waals surface area contributed by atoms with Gasteiger partial charge in [-0.3, -0.25) is 4.79 Å². The van der Waals surface area contributed by atoms with E-state index >= 15 is 0 Å². The van der Waals surface area contributed by atoms with Crippen molar-refractivity contribution in [1.82, 2.24) is 4.31 Å². The van der Waals surface area contributed by atoms with Gasteiger partial charge in [0.15, 0.2) is 5.75 Å². The predicted octanol–water partition coefficient (Wildman–Crippen LogP) is -0.106. The zero-order valence-corrected chi connectivity index (χ0v) is 12.7. The summed E-state index contributed by atoms with van der Waals surface area (Å²) in [6.07, 6.45) is 0. The van der Waals surface area contributed by atoms with Gasteiger partial charge in [0, 0.05) is 37.6 Å². The number of nitrogen functional groups attached to an aromatic ring is 1. The number of ether oxygens (including phenoxy) is 1. The van der Waals surface area contributed by atoms with E-state index in [1.807, 2.05) is 24.3 Å². The first-order chi connectivity index (χ1) is 9.92. The molecule has 0 aliphatic carbocycles. The molecule has 116 valence electrons. The predicted molar refractivity (Wildman–Crippen MR) is 80.4 cm³/mol. The number of nitrogens with zero attached hydrogens (tertiary/aromatic N) is 2. The number of carbonyl (C=O) groups is 1. The lowest BCUT2D eigenvalue weighted by Crippen LogP contribution is -2.50. The van der Waals surface area contributed by atoms with Crippen LogP contribution in [0.15, 0.2) is 24.3 Å². The number of piperazine rings is 1. The zero-order valence-electron chi connectivity index (χ0n) is 11.9. The molecule has 2 rings (SSSR count). The van der Waals surface area contributed by atoms with Crippen LogP contribution in [0.1, 0.15) is 0 Å². The highest BCUT2D eigenvalue weighted by molar-refractivity contribution is 7.89. The summed E-state index contributed by atoms with van der Waals surface area (Å²) < 4.78 is 29.8. The van der Waals surface area contributed by atoms with Gasteiger partial charge in [0.2, 0.25) is 10.0 Å². The first-order valence-corrected chi connectivity index (χ1v) is 8.18. The molecular weight excluding hydrogens is 294 g/mol. The maximum atomic E-state index is 12.0. The van der Waals surface area contributed by atoms with E-state index in [0.29, 0.717) is 31.9 Å². The molecule has 8 heteroatoms. The molecule has 1 heterocycles. The maximum Gasteiger partial charge on any atom is 0.322 e. The van der Waals surface area contributed by atoms with E-state index in [0.717, 1.165) is 5.69 Å². The third kappa shape index (κ3) is 3.85. The smallest absolute Gasteiger partial charge is 0.322 e. The van der Waals surface area contributed by atoms with Crippen molar-refractivity contribution >= 4 is 27.4 Å². The van der Waals surface area contributed by atoms with E-state index < -0.39 is 21.7 Å². The lowest BCUT2D eigenvalue weighted by atomic mass is 10.2. The van der Waals surface area contributed by atoms with Gasteiger partial charge in [-0.25, -0.2) is 8.42 Å². The van der Waals surface area contributed by atoms with Crippen LogP contribution in [-0.4, -0.2) is 57.7 Å². The van der Waals surface area contributed by atoms with Gasteiger partial charge in [0.25, 0.3) is 0 Å². The van der Waals surface area contributed by atoms with Gasteiger partial charge in [0.1, 0.15) is 0 Å². The molecule has 0 aromatic heterocycles. The second-order valence-corrected chi connectivity index (χ2v) is 6.78. The normalized spacial score (nSPS) is 16.7. The molecule has 0 bridgehead atoms. The summed E-state index contributed by atoms with van der Waals surface area (Å²) in [4.78, 5) is 13.2. The van der Waals surface area contributed by atoms with Crippen LogP contribution in [0.25, 0.3) is 0 Å². The highest BCUT2D eigenvalue weighted by Gasteiger charge is 2.29. The van der Waals surface area contributed by atoms with Crippen molar-refractivity contribution in [2.45, 2.75) is 0 Å². The molecule has 1 aliphatic rings. The number of esters is 1. The Kier molecular flexibility index (Phi) is 4.69. The molecular formula is C13H19N3O4S. The second kappa shape index (κ2) is 6.31. The van der Waals surface area contributed by atoms with Crippen molar-refractivity contribution < 1.29 is 17.9 Å². The van der Waals surface area contributed by atoms with E-state index in [9.17, 15) is 13.2 Å². The molecule has 1 aromatic rings. The van der Waals surface area contributed by atoms with Crippen molar-refractivity contribution in [3.05, 3.63) is 24.3 Å². The number of hydrogen-bond donors (Lipinski definition) is 1. The molecule has 1 fully saturated rings. The van der Waals surface area contributed by atoms with Gasteiger partial charge in [-0.05, 0) is 24.3 Å². The molecule has 0 saturated carbocycles. The van der Waals surface area contributed by atoms with Gasteiger partial charge in [-0.15, -0.1) is 0 Å². The Labute approximate surface area is 124 Å². The van der Waals surface area contributed by atoms with Crippen molar-refractivity contribution in [3.8, 4) is 0 Å². The molecule has 0 atom stereocenters. The third-order valence-corrected chi connectivity index (χ3v) is 5.17. The number of carbonyl (C=O) groups excluding carboxylic acids is 1. The number of anilines is 2. The Morgan fingerprint density at radius 3 is 2.29 bits per heavy atom. The lowest BCUT2D eigenvalue weighted by Gasteiger charge is -2.35. The summed E-state index contributed by atoms with van der Waals surface area (Å²) in [5, 5.41) is 0. The Balaban J connectivity index is 1.97. The number of hydrogen-bond acceptors (Lipinski definition) is 6. The Morgan fingerprint density at radius 2 is 1.76 bits per heavy atom. The van der Waals surface area contributed by atoms with Crippen LogP contribution in [0.2, 0.25) is 0 Å². The molecule has 7 nitrogen and oxygen atoms in total. The molecule has 1 aromatic carbocycles. The van der Waals surface area contributed by atoms with Crippen LogP contribution < -0.4 is 10.6 Å². The Morgan fingerprint density at radius 1 is 1.19 bits per heavy atom. The summed E-state index contributed by atoms with van der Waals surface area (Å²) in [5.41, 5.74) is 7.35. The number of nitrogens with two attached hydrogens (primary N) is 1. The number of rotatable bonds is 4. The van der Waals surface area contributed by atoms with Crippen LogP contribution in [0.5, 0.6) is 0 Å². The number of sulfonamides is 1. The number of methoxy groups -OCH3 is 1. The molecule has 1 aliphatic heterocycles. The van der Waals surface area contributed by atoms with E-state index in [1.165, 1.54) is 11.4 Å². The topological polar surface area (TPSA) is 92.9 Å². The Bertz CT molecular complexity index is 592. The minimum atomic E-state index is -3.59. The van der Waals surface area contributed by atoms with Crippen LogP contribution >= 0.6 is 0 Å². The summed E-state index contributed by atoms with van der Waals surface area (Å²) >= 11 is 0. The molecule has 0 spiro atoms. The third-order valence-electron chi connectivity index (χ3n) is 3.42. The minimum Gasteiger partial charge on any atom is -0.468 e. The largest absolute Gasteiger partial charge is 0.468 e. The molecule has 0 amide bonds. The second-order valence-electron chi connectivity index (χ2n) is 4.81. The first-order valence-electron chi connectivity index (χ1n) is 6.57. The highest BCUT2D eigenvalue weighted by atomic mass is 32.2. The molecule has 21 heavy (non-hydrogen) atoms. The van der Waals surface area contributed by atoms with Gasteiger partial charge in [-0.2, -0.15) is 4.31 Å². The monoisotopic (exact) mass is 313 g/mol. The van der Waals surface area contributed by atoms with Gasteiger partial charge >= 0.3 is 5.97 Å². The van der Waals surface area contributed by atoms with E-state index in [1.54, 1.807) is 0 Å². The summed E-state index contributed by atoms with van der Waals surface area (Å²) in [6.45, 7) is 1.85. The fraction of sp³-hybridized carbons (Fsp3) is 0.462. The fourth-order valence-corrected chi connectivity index (χ4v) is 3.53. The summed E-state index contributed by atoms with van der Waals surface area (Å²) in [5.74, 6) is -1.35. The van der Waals surface area contributed by atoms with Crippen molar-refractivity contribution in [3.63, 3.8) is 0 Å². The molecule has 1 saturated heterocycles. The standard InChI is InChI=1S/C13H19N3O4S/c1-20-13(17)10-21(18,19)16-8-6-15(7-9-16)12-4-2-11(14)3-5-12/h2-5H,6-10,14H2,1H3. The summed E-state index contributed by atoms with van der Waals surface area (Å²) in [6, 6.07) is 7.45. The summed E-state index contributed by atoms with van der Waals surface area (Å²) in [7, 11) is -2.42. The minimum absolute atomic E-state index is 0.351. The molecule has 2 N–H and O–H groups in total. The first kappa shape index (κ1) is 15.6. The highest BCUT2D eigenvalue weighted by Crippen LogP contribution is 2.19. The van der Waals surface area contributed by atoms with Gasteiger partial charge in [-0.1, -0.05) is 0 Å². The van der Waals surface area contributed by atoms with E-state index in [-0.39, 0.29) is 0 Å². The van der Waals surface area contributed by atoms with Gasteiger partial charge in [0.05, 0.1) is 7.11 Å². The molecule has 0 radical (unpaired) electrons. The van der Waals surface area contributed by atoms with Crippen molar-refractivity contribution in [2.24, 2.45) is 0 Å². The fourth-order valence-electron chi connectivity index (χ4n) is 2.21. The van der Waals surface area contributed by atoms with Crippen LogP contribution in [0, 0.1) is 0 Å². The van der Waals surface area contributed by atoms with E-state index in [2.05, 4.69) is 9.64 Å². The SMILES string of the molecule is COC(=O)CS(=O)(=O)N1CCN(c2ccc(N)cc2)CC1. The van der Waals surface area contributed by atoms with E-state index in [4.69, 9.17) is 5.73 Å². The van der Waals surface area contributed by atoms with Crippen LogP contribution in [0.3, 0.4) is 0 Å². The Hall–Kier alpha value is -1.80. The quantitative estimate of drug-likeness (QED) is 0.616. The maximum absolute atomic E-state index is 12.0. The van der Waals surface area contributed by atoms with Gasteiger partial charge < -0.3 is 15.4 Å². The average molecular weight is 313 g/mol. The van der Waals surface area contributed by atoms with Crippen LogP contribution in [-0.2, 0) is 19.6 Å². The average Bonchev–Trinajstić information content (AvgIpc) is 2.47. The zero-order chi connectivity index (χ0) is 15.5. The molecule has 0 unspecified atom stereocenters. The van der Waals surface area contributed by atoms with Crippen molar-refractivity contribution in [1.29, 1.82) is 0 Å². The number of benzene rings is 1. The lowest BCUT2D eigenvalue weighted by molar-refractivity contribution is -0.137. The van der Waals surface area contributed by atoms with Crippen LogP contribution in [0.4, 0.5) is 11.4 Å². The van der Waals surface area contributed by atoms with Crippen molar-refractivity contribution in [2.75, 3.05) is 49.7 Å².